The third-order valence-corrected chi connectivity index (χ3v) is 5.06. The summed E-state index contributed by atoms with van der Waals surface area (Å²) in [5, 5.41) is 0.778. The van der Waals surface area contributed by atoms with Crippen LogP contribution < -0.4 is 9.47 Å². The molecule has 0 N–H and O–H groups in total. The van der Waals surface area contributed by atoms with E-state index in [1.807, 2.05) is 6.92 Å². The molecule has 3 rings (SSSR count). The van der Waals surface area contributed by atoms with E-state index < -0.39 is 11.9 Å². The summed E-state index contributed by atoms with van der Waals surface area (Å²) in [6.07, 6.45) is 1.76. The molecule has 0 saturated heterocycles. The van der Waals surface area contributed by atoms with Crippen LogP contribution in [0.4, 0.5) is 0 Å². The Morgan fingerprint density at radius 1 is 1.23 bits per heavy atom. The van der Waals surface area contributed by atoms with Crippen molar-refractivity contribution in [1.82, 2.24) is 0 Å². The third-order valence-electron chi connectivity index (χ3n) is 3.92. The van der Waals surface area contributed by atoms with E-state index in [0.717, 1.165) is 0 Å². The Hall–Kier alpha value is -2.35. The SMILES string of the molecule is CCOc1cc(/C=C2\N=C(c3ccc(Cl)cc3Cl)OC2=O)cc(Br)c1OC(=O)CC. The summed E-state index contributed by atoms with van der Waals surface area (Å²) in [7, 11) is 0. The van der Waals surface area contributed by atoms with Gasteiger partial charge in [-0.25, -0.2) is 9.79 Å². The normalized spacial score (nSPS) is 14.5. The molecule has 0 amide bonds. The summed E-state index contributed by atoms with van der Waals surface area (Å²) in [6, 6.07) is 8.13. The third kappa shape index (κ3) is 5.03. The standard InChI is InChI=1S/C21H16BrCl2NO5/c1-3-18(26)29-19-14(22)7-11(9-17(19)28-4-2)8-16-21(27)30-20(25-16)13-6-5-12(23)10-15(13)24/h5-10H,3-4H2,1-2H3/b16-8-. The summed E-state index contributed by atoms with van der Waals surface area (Å²) in [6.45, 7) is 3.87. The highest BCUT2D eigenvalue weighted by atomic mass is 79.9. The van der Waals surface area contributed by atoms with Gasteiger partial charge in [-0.3, -0.25) is 4.79 Å². The summed E-state index contributed by atoms with van der Waals surface area (Å²) >= 11 is 15.5. The molecule has 2 aromatic carbocycles. The van der Waals surface area contributed by atoms with Crippen molar-refractivity contribution in [2.75, 3.05) is 6.61 Å². The minimum absolute atomic E-state index is 0.0867. The minimum Gasteiger partial charge on any atom is -0.490 e. The maximum absolute atomic E-state index is 12.3. The molecule has 1 aliphatic rings. The monoisotopic (exact) mass is 511 g/mol. The Kier molecular flexibility index (Phi) is 7.18. The minimum atomic E-state index is -0.619. The maximum Gasteiger partial charge on any atom is 0.363 e. The van der Waals surface area contributed by atoms with Crippen LogP contribution in [0.3, 0.4) is 0 Å². The first kappa shape index (κ1) is 22.3. The Balaban J connectivity index is 1.98. The second-order valence-electron chi connectivity index (χ2n) is 6.05. The van der Waals surface area contributed by atoms with E-state index in [1.165, 1.54) is 12.1 Å². The number of esters is 2. The Bertz CT molecular complexity index is 1080. The molecule has 2 aromatic rings. The average molecular weight is 513 g/mol. The molecule has 1 aliphatic heterocycles. The van der Waals surface area contributed by atoms with Gasteiger partial charge >= 0.3 is 11.9 Å². The van der Waals surface area contributed by atoms with Crippen LogP contribution in [0.1, 0.15) is 31.4 Å². The van der Waals surface area contributed by atoms with Gasteiger partial charge in [0.15, 0.2) is 17.2 Å². The van der Waals surface area contributed by atoms with E-state index in [2.05, 4.69) is 20.9 Å². The number of carbonyl (C=O) groups is 2. The van der Waals surface area contributed by atoms with Gasteiger partial charge in [-0.15, -0.1) is 0 Å². The second-order valence-corrected chi connectivity index (χ2v) is 7.75. The van der Waals surface area contributed by atoms with Gasteiger partial charge in [0, 0.05) is 11.4 Å². The highest BCUT2D eigenvalue weighted by molar-refractivity contribution is 9.10. The van der Waals surface area contributed by atoms with Gasteiger partial charge in [0.1, 0.15) is 0 Å². The first-order chi connectivity index (χ1) is 14.3. The van der Waals surface area contributed by atoms with Crippen molar-refractivity contribution in [2.24, 2.45) is 4.99 Å². The number of hydrogen-bond acceptors (Lipinski definition) is 6. The van der Waals surface area contributed by atoms with Crippen LogP contribution in [-0.2, 0) is 14.3 Å². The van der Waals surface area contributed by atoms with Gasteiger partial charge in [-0.05, 0) is 64.8 Å². The molecule has 0 spiro atoms. The number of benzene rings is 2. The maximum atomic E-state index is 12.3. The summed E-state index contributed by atoms with van der Waals surface area (Å²) in [5.41, 5.74) is 1.14. The highest BCUT2D eigenvalue weighted by Crippen LogP contribution is 2.38. The second kappa shape index (κ2) is 9.64. The molecule has 0 fully saturated rings. The largest absolute Gasteiger partial charge is 0.490 e. The van der Waals surface area contributed by atoms with Crippen LogP contribution >= 0.6 is 39.1 Å². The molecule has 156 valence electrons. The Morgan fingerprint density at radius 2 is 2.00 bits per heavy atom. The number of ether oxygens (including phenoxy) is 3. The van der Waals surface area contributed by atoms with Crippen molar-refractivity contribution >= 4 is 63.0 Å². The molecule has 0 aromatic heterocycles. The first-order valence-corrected chi connectivity index (χ1v) is 10.5. The molecule has 0 saturated carbocycles. The molecule has 30 heavy (non-hydrogen) atoms. The average Bonchev–Trinajstić information content (AvgIpc) is 3.04. The number of halogens is 3. The molecule has 6 nitrogen and oxygen atoms in total. The van der Waals surface area contributed by atoms with Crippen LogP contribution in [0.2, 0.25) is 10.0 Å². The molecule has 0 radical (unpaired) electrons. The van der Waals surface area contributed by atoms with Gasteiger partial charge < -0.3 is 14.2 Å². The predicted molar refractivity (Wildman–Crippen MR) is 118 cm³/mol. The number of hydrogen-bond donors (Lipinski definition) is 0. The van der Waals surface area contributed by atoms with Gasteiger partial charge in [0.05, 0.1) is 21.7 Å². The zero-order valence-corrected chi connectivity index (χ0v) is 19.1. The van der Waals surface area contributed by atoms with E-state index in [1.54, 1.807) is 31.2 Å². The smallest absolute Gasteiger partial charge is 0.363 e. The molecule has 9 heteroatoms. The van der Waals surface area contributed by atoms with Crippen LogP contribution in [-0.4, -0.2) is 24.4 Å². The van der Waals surface area contributed by atoms with Gasteiger partial charge in [0.25, 0.3) is 0 Å². The molecule has 0 atom stereocenters. The highest BCUT2D eigenvalue weighted by Gasteiger charge is 2.26. The Labute approximate surface area is 191 Å². The fraction of sp³-hybridized carbons (Fsp3) is 0.190. The summed E-state index contributed by atoms with van der Waals surface area (Å²) < 4.78 is 16.7. The lowest BCUT2D eigenvalue weighted by Crippen LogP contribution is -2.08. The molecular weight excluding hydrogens is 497 g/mol. The van der Waals surface area contributed by atoms with Crippen LogP contribution in [0.15, 0.2) is 45.5 Å². The van der Waals surface area contributed by atoms with E-state index in [0.29, 0.717) is 38.0 Å². The number of carbonyl (C=O) groups excluding carboxylic acids is 2. The summed E-state index contributed by atoms with van der Waals surface area (Å²) in [4.78, 5) is 28.3. The zero-order valence-electron chi connectivity index (χ0n) is 16.0. The predicted octanol–water partition coefficient (Wildman–Crippen LogP) is 5.81. The van der Waals surface area contributed by atoms with Gasteiger partial charge in [0.2, 0.25) is 5.90 Å². The molecule has 0 bridgehead atoms. The van der Waals surface area contributed by atoms with Crippen LogP contribution in [0.5, 0.6) is 11.5 Å². The lowest BCUT2D eigenvalue weighted by molar-refractivity contribution is -0.134. The number of rotatable bonds is 6. The number of nitrogens with zero attached hydrogens (tertiary/aromatic N) is 1. The van der Waals surface area contributed by atoms with Gasteiger partial charge in [-0.1, -0.05) is 30.1 Å². The van der Waals surface area contributed by atoms with E-state index in [-0.39, 0.29) is 23.8 Å². The molecule has 0 unspecified atom stereocenters. The van der Waals surface area contributed by atoms with Crippen molar-refractivity contribution in [3.8, 4) is 11.5 Å². The lowest BCUT2D eigenvalue weighted by Gasteiger charge is -2.13. The van der Waals surface area contributed by atoms with E-state index in [9.17, 15) is 9.59 Å². The molecule has 0 aliphatic carbocycles. The van der Waals surface area contributed by atoms with Crippen molar-refractivity contribution in [3.05, 3.63) is 61.7 Å². The van der Waals surface area contributed by atoms with Crippen LogP contribution in [0, 0.1) is 0 Å². The lowest BCUT2D eigenvalue weighted by atomic mass is 10.1. The summed E-state index contributed by atoms with van der Waals surface area (Å²) in [5.74, 6) is -0.290. The number of aliphatic imine (C=N–C) groups is 1. The Morgan fingerprint density at radius 3 is 2.67 bits per heavy atom. The molecular formula is C21H16BrCl2NO5. The van der Waals surface area contributed by atoms with Crippen LogP contribution in [0.25, 0.3) is 6.08 Å². The fourth-order valence-corrected chi connectivity index (χ4v) is 3.59. The quantitative estimate of drug-likeness (QED) is 0.277. The topological polar surface area (TPSA) is 74.2 Å². The van der Waals surface area contributed by atoms with E-state index >= 15 is 0 Å². The van der Waals surface area contributed by atoms with Crippen molar-refractivity contribution in [3.63, 3.8) is 0 Å². The van der Waals surface area contributed by atoms with Crippen molar-refractivity contribution in [1.29, 1.82) is 0 Å². The number of cyclic esters (lactones) is 1. The molecule has 1 heterocycles. The van der Waals surface area contributed by atoms with E-state index in [4.69, 9.17) is 37.4 Å². The zero-order chi connectivity index (χ0) is 21.8. The first-order valence-electron chi connectivity index (χ1n) is 8.97. The van der Waals surface area contributed by atoms with Gasteiger partial charge in [-0.2, -0.15) is 0 Å². The van der Waals surface area contributed by atoms with Crippen molar-refractivity contribution < 1.29 is 23.8 Å². The van der Waals surface area contributed by atoms with Crippen molar-refractivity contribution in [2.45, 2.75) is 20.3 Å². The fourth-order valence-electron chi connectivity index (χ4n) is 2.56.